The highest BCUT2D eigenvalue weighted by Crippen LogP contribution is 2.37. The van der Waals surface area contributed by atoms with Gasteiger partial charge in [0.05, 0.1) is 0 Å². The molecule has 0 bridgehead atoms. The predicted molar refractivity (Wildman–Crippen MR) is 102 cm³/mol. The summed E-state index contributed by atoms with van der Waals surface area (Å²) in [5, 5.41) is 2.97. The Morgan fingerprint density at radius 1 is 0.857 bits per heavy atom. The molecule has 21 heavy (non-hydrogen) atoms. The molecule has 1 heterocycles. The van der Waals surface area contributed by atoms with E-state index in [4.69, 9.17) is 0 Å². The van der Waals surface area contributed by atoms with E-state index in [9.17, 15) is 0 Å². The lowest BCUT2D eigenvalue weighted by atomic mass is 10.2. The minimum atomic E-state index is -0.729. The van der Waals surface area contributed by atoms with Gasteiger partial charge in [0.15, 0.2) is 8.96 Å². The molecule has 2 aromatic carbocycles. The van der Waals surface area contributed by atoms with Gasteiger partial charge in [-0.3, -0.25) is 0 Å². The van der Waals surface area contributed by atoms with Crippen LogP contribution in [0.1, 0.15) is 20.8 Å². The monoisotopic (exact) mass is 422 g/mol. The first-order valence-corrected chi connectivity index (χ1v) is 10.6. The standard InChI is InChI=1S/C17H18Br2NSi/c1-17(2,3)21(4)20-15-7-5-11(18)9-13(15)14-10-12(19)6-8-16(14)20/h5-10H,1-4H3. The van der Waals surface area contributed by atoms with Crippen LogP contribution in [0.25, 0.3) is 21.8 Å². The smallest absolute Gasteiger partial charge is 0.178 e. The molecule has 1 nitrogen and oxygen atoms in total. The Hall–Kier alpha value is -0.583. The molecule has 0 aliphatic heterocycles. The Balaban J connectivity index is 2.46. The minimum absolute atomic E-state index is 0.309. The van der Waals surface area contributed by atoms with Crippen molar-refractivity contribution in [2.24, 2.45) is 0 Å². The molecule has 0 amide bonds. The zero-order chi connectivity index (χ0) is 15.4. The molecule has 0 fully saturated rings. The molecule has 109 valence electrons. The van der Waals surface area contributed by atoms with Gasteiger partial charge in [-0.15, -0.1) is 0 Å². The van der Waals surface area contributed by atoms with Gasteiger partial charge in [0.1, 0.15) is 0 Å². The van der Waals surface area contributed by atoms with Gasteiger partial charge < -0.3 is 4.23 Å². The summed E-state index contributed by atoms with van der Waals surface area (Å²) in [7, 11) is -0.729. The first-order chi connectivity index (χ1) is 9.79. The van der Waals surface area contributed by atoms with Gasteiger partial charge in [-0.2, -0.15) is 0 Å². The summed E-state index contributed by atoms with van der Waals surface area (Å²) >= 11 is 7.22. The molecule has 4 heteroatoms. The van der Waals surface area contributed by atoms with Crippen molar-refractivity contribution in [2.75, 3.05) is 0 Å². The maximum atomic E-state index is 3.61. The third kappa shape index (κ3) is 2.62. The first kappa shape index (κ1) is 15.3. The van der Waals surface area contributed by atoms with Crippen LogP contribution in [0.3, 0.4) is 0 Å². The van der Waals surface area contributed by atoms with E-state index in [1.165, 1.54) is 21.8 Å². The third-order valence-corrected chi connectivity index (χ3v) is 8.42. The van der Waals surface area contributed by atoms with E-state index in [1.807, 2.05) is 0 Å². The number of hydrogen-bond acceptors (Lipinski definition) is 0. The molecule has 0 saturated carbocycles. The molecular formula is C17H18Br2NSi. The van der Waals surface area contributed by atoms with E-state index in [2.05, 4.69) is 99.8 Å². The summed E-state index contributed by atoms with van der Waals surface area (Å²) in [5.41, 5.74) is 2.69. The fourth-order valence-electron chi connectivity index (χ4n) is 2.66. The number of halogens is 2. The molecule has 1 aromatic heterocycles. The van der Waals surface area contributed by atoms with Crippen LogP contribution in [0.15, 0.2) is 45.3 Å². The summed E-state index contributed by atoms with van der Waals surface area (Å²) in [4.78, 5) is 0. The van der Waals surface area contributed by atoms with E-state index < -0.39 is 8.96 Å². The lowest BCUT2D eigenvalue weighted by Crippen LogP contribution is -2.30. The fraction of sp³-hybridized carbons (Fsp3) is 0.294. The largest absolute Gasteiger partial charge is 0.368 e. The number of benzene rings is 2. The topological polar surface area (TPSA) is 4.93 Å². The van der Waals surface area contributed by atoms with Crippen LogP contribution in [-0.2, 0) is 0 Å². The van der Waals surface area contributed by atoms with Crippen LogP contribution in [0.5, 0.6) is 0 Å². The van der Waals surface area contributed by atoms with Crippen LogP contribution < -0.4 is 0 Å². The Kier molecular flexibility index (Phi) is 3.83. The van der Waals surface area contributed by atoms with Gasteiger partial charge in [-0.05, 0) is 41.4 Å². The Labute approximate surface area is 144 Å². The van der Waals surface area contributed by atoms with Gasteiger partial charge >= 0.3 is 0 Å². The molecule has 3 rings (SSSR count). The Morgan fingerprint density at radius 2 is 1.29 bits per heavy atom. The van der Waals surface area contributed by atoms with Crippen molar-refractivity contribution in [3.05, 3.63) is 45.3 Å². The second kappa shape index (κ2) is 5.25. The third-order valence-electron chi connectivity index (χ3n) is 4.11. The average Bonchev–Trinajstić information content (AvgIpc) is 2.70. The van der Waals surface area contributed by atoms with Gasteiger partial charge in [0.25, 0.3) is 0 Å². The predicted octanol–water partition coefficient (Wildman–Crippen LogP) is 6.59. The highest BCUT2D eigenvalue weighted by molar-refractivity contribution is 9.10. The highest BCUT2D eigenvalue weighted by atomic mass is 79.9. The van der Waals surface area contributed by atoms with Gasteiger partial charge in [-0.1, -0.05) is 59.2 Å². The number of hydrogen-bond donors (Lipinski definition) is 0. The van der Waals surface area contributed by atoms with Crippen molar-refractivity contribution in [1.82, 2.24) is 4.23 Å². The van der Waals surface area contributed by atoms with Gasteiger partial charge in [0, 0.05) is 30.8 Å². The average molecular weight is 424 g/mol. The van der Waals surface area contributed by atoms with Gasteiger partial charge in [0.2, 0.25) is 0 Å². The number of fused-ring (bicyclic) bond motifs is 3. The molecule has 1 radical (unpaired) electrons. The Morgan fingerprint density at radius 3 is 1.67 bits per heavy atom. The maximum absolute atomic E-state index is 3.61. The molecule has 0 aliphatic rings. The number of rotatable bonds is 1. The fourth-order valence-corrected chi connectivity index (χ4v) is 5.17. The van der Waals surface area contributed by atoms with Crippen LogP contribution >= 0.6 is 31.9 Å². The normalized spacial score (nSPS) is 12.7. The highest BCUT2D eigenvalue weighted by Gasteiger charge is 2.27. The number of nitrogens with zero attached hydrogens (tertiary/aromatic N) is 1. The zero-order valence-corrected chi connectivity index (χ0v) is 16.8. The molecule has 0 spiro atoms. The number of aromatic nitrogens is 1. The van der Waals surface area contributed by atoms with Crippen LogP contribution in [0, 0.1) is 0 Å². The van der Waals surface area contributed by atoms with Gasteiger partial charge in [-0.25, -0.2) is 0 Å². The maximum Gasteiger partial charge on any atom is 0.178 e. The van der Waals surface area contributed by atoms with Crippen LogP contribution in [0.4, 0.5) is 0 Å². The van der Waals surface area contributed by atoms with Crippen molar-refractivity contribution >= 4 is 62.6 Å². The Bertz CT molecular complexity index is 771. The second-order valence-electron chi connectivity index (χ2n) is 6.49. The first-order valence-electron chi connectivity index (χ1n) is 7.02. The summed E-state index contributed by atoms with van der Waals surface area (Å²) in [6.07, 6.45) is 0. The lowest BCUT2D eigenvalue weighted by molar-refractivity contribution is 0.727. The molecule has 0 saturated heterocycles. The van der Waals surface area contributed by atoms with Crippen LogP contribution in [0.2, 0.25) is 11.6 Å². The molecule has 0 aliphatic carbocycles. The molecular weight excluding hydrogens is 406 g/mol. The van der Waals surface area contributed by atoms with E-state index in [0.29, 0.717) is 5.04 Å². The van der Waals surface area contributed by atoms with E-state index in [0.717, 1.165) is 8.95 Å². The van der Waals surface area contributed by atoms with Crippen LogP contribution in [-0.4, -0.2) is 13.2 Å². The molecule has 0 unspecified atom stereocenters. The van der Waals surface area contributed by atoms with Crippen molar-refractivity contribution in [3.63, 3.8) is 0 Å². The minimum Gasteiger partial charge on any atom is -0.368 e. The van der Waals surface area contributed by atoms with E-state index >= 15 is 0 Å². The van der Waals surface area contributed by atoms with Crippen molar-refractivity contribution in [3.8, 4) is 0 Å². The van der Waals surface area contributed by atoms with Crippen molar-refractivity contribution in [1.29, 1.82) is 0 Å². The lowest BCUT2D eigenvalue weighted by Gasteiger charge is -2.27. The molecule has 0 atom stereocenters. The quantitative estimate of drug-likeness (QED) is 0.389. The molecule has 3 aromatic rings. The van der Waals surface area contributed by atoms with E-state index in [-0.39, 0.29) is 0 Å². The summed E-state index contributed by atoms with van der Waals surface area (Å²) < 4.78 is 4.85. The van der Waals surface area contributed by atoms with Crippen molar-refractivity contribution in [2.45, 2.75) is 32.4 Å². The molecule has 0 N–H and O–H groups in total. The van der Waals surface area contributed by atoms with E-state index in [1.54, 1.807) is 0 Å². The zero-order valence-electron chi connectivity index (χ0n) is 12.7. The summed E-state index contributed by atoms with van der Waals surface area (Å²) in [5.74, 6) is 0. The second-order valence-corrected chi connectivity index (χ2v) is 11.4. The summed E-state index contributed by atoms with van der Waals surface area (Å²) in [6.45, 7) is 9.44. The van der Waals surface area contributed by atoms with Crippen molar-refractivity contribution < 1.29 is 0 Å². The SMILES string of the molecule is C[Si](n1c2ccc(Br)cc2c2cc(Br)ccc21)C(C)(C)C. The summed E-state index contributed by atoms with van der Waals surface area (Å²) in [6, 6.07) is 13.2.